The molecule has 0 aliphatic carbocycles. The number of hydrogen-bond acceptors (Lipinski definition) is 9. The van der Waals surface area contributed by atoms with E-state index in [1.807, 2.05) is 52.0 Å². The minimum atomic E-state index is -0.713. The Morgan fingerprint density at radius 3 is 2.17 bits per heavy atom. The predicted octanol–water partition coefficient (Wildman–Crippen LogP) is 3.63. The Morgan fingerprint density at radius 2 is 1.66 bits per heavy atom. The van der Waals surface area contributed by atoms with E-state index in [9.17, 15) is 4.79 Å². The van der Waals surface area contributed by atoms with Crippen LogP contribution in [0.3, 0.4) is 0 Å². The van der Waals surface area contributed by atoms with E-state index in [2.05, 4.69) is 5.48 Å². The standard InChI is InChI=1S/C26H43NO8/c1-10-31-22-20(27-35-26(5,6)7)21(32-15-17-11-13-18(29-8)14-12-17)19(34-23(22)30-9)16-33-24(28)25(2,3)4/h11-14,19-23,27H,10,15-16H2,1-9H3/t19-,20+,21-,22+,23+/m1/s1. The van der Waals surface area contributed by atoms with Gasteiger partial charge in [-0.3, -0.25) is 9.63 Å². The van der Waals surface area contributed by atoms with Gasteiger partial charge in [0, 0.05) is 13.7 Å². The maximum Gasteiger partial charge on any atom is 0.311 e. The number of ether oxygens (including phenoxy) is 6. The molecule has 1 aliphatic heterocycles. The molecule has 9 nitrogen and oxygen atoms in total. The highest BCUT2D eigenvalue weighted by atomic mass is 16.7. The van der Waals surface area contributed by atoms with Crippen LogP contribution in [0.25, 0.3) is 0 Å². The number of hydrogen-bond donors (Lipinski definition) is 1. The summed E-state index contributed by atoms with van der Waals surface area (Å²) in [5.41, 5.74) is 2.99. The lowest BCUT2D eigenvalue weighted by molar-refractivity contribution is -0.303. The zero-order valence-corrected chi connectivity index (χ0v) is 22.6. The van der Waals surface area contributed by atoms with Crippen LogP contribution in [0, 0.1) is 5.41 Å². The summed E-state index contributed by atoms with van der Waals surface area (Å²) in [7, 11) is 3.18. The first kappa shape index (κ1) is 29.5. The molecule has 0 saturated carbocycles. The maximum absolute atomic E-state index is 12.5. The molecule has 1 heterocycles. The third-order valence-electron chi connectivity index (χ3n) is 5.34. The number of nitrogens with one attached hydrogen (secondary N) is 1. The molecule has 1 N–H and O–H groups in total. The molecule has 0 radical (unpaired) electrons. The van der Waals surface area contributed by atoms with Crippen LogP contribution >= 0.6 is 0 Å². The summed E-state index contributed by atoms with van der Waals surface area (Å²) in [6, 6.07) is 7.15. The van der Waals surface area contributed by atoms with E-state index in [1.165, 1.54) is 0 Å². The van der Waals surface area contributed by atoms with Crippen LogP contribution in [0.5, 0.6) is 5.75 Å². The zero-order valence-electron chi connectivity index (χ0n) is 22.6. The second kappa shape index (κ2) is 13.0. The largest absolute Gasteiger partial charge is 0.497 e. The van der Waals surface area contributed by atoms with Crippen LogP contribution < -0.4 is 10.2 Å². The summed E-state index contributed by atoms with van der Waals surface area (Å²) in [5, 5.41) is 0. The molecule has 0 amide bonds. The lowest BCUT2D eigenvalue weighted by atomic mass is 9.95. The van der Waals surface area contributed by atoms with Crippen LogP contribution in [0.15, 0.2) is 24.3 Å². The molecule has 35 heavy (non-hydrogen) atoms. The van der Waals surface area contributed by atoms with Gasteiger partial charge >= 0.3 is 5.97 Å². The van der Waals surface area contributed by atoms with Crippen LogP contribution in [-0.2, 0) is 39.9 Å². The van der Waals surface area contributed by atoms with Crippen LogP contribution in [0.4, 0.5) is 0 Å². The molecular weight excluding hydrogens is 454 g/mol. The number of rotatable bonds is 11. The van der Waals surface area contributed by atoms with E-state index in [1.54, 1.807) is 35.0 Å². The number of carbonyl (C=O) groups is 1. The highest BCUT2D eigenvalue weighted by Gasteiger charge is 2.49. The summed E-state index contributed by atoms with van der Waals surface area (Å²) >= 11 is 0. The Labute approximate surface area is 209 Å². The second-order valence-corrected chi connectivity index (χ2v) is 10.5. The van der Waals surface area contributed by atoms with Crippen LogP contribution in [-0.4, -0.2) is 69.6 Å². The van der Waals surface area contributed by atoms with Crippen LogP contribution in [0.1, 0.15) is 54.0 Å². The summed E-state index contributed by atoms with van der Waals surface area (Å²) in [6.07, 6.45) is -2.43. The van der Waals surface area contributed by atoms with Gasteiger partial charge in [0.25, 0.3) is 0 Å². The van der Waals surface area contributed by atoms with Crippen LogP contribution in [0.2, 0.25) is 0 Å². The second-order valence-electron chi connectivity index (χ2n) is 10.5. The van der Waals surface area contributed by atoms with Gasteiger partial charge in [0.05, 0.1) is 30.8 Å². The van der Waals surface area contributed by atoms with E-state index in [4.69, 9.17) is 33.3 Å². The fourth-order valence-electron chi connectivity index (χ4n) is 3.49. The van der Waals surface area contributed by atoms with Crippen molar-refractivity contribution in [3.8, 4) is 5.75 Å². The Balaban J connectivity index is 2.31. The highest BCUT2D eigenvalue weighted by Crippen LogP contribution is 2.29. The number of benzene rings is 1. The lowest BCUT2D eigenvalue weighted by Gasteiger charge is -2.46. The SMILES string of the molecule is CCO[C@@H]1[C@@H](OC)O[C@H](COC(=O)C(C)(C)C)[C@@H](OCc2ccc(OC)cc2)[C@@H]1NOC(C)(C)C. The van der Waals surface area contributed by atoms with Gasteiger partial charge in [0.15, 0.2) is 6.29 Å². The van der Waals surface area contributed by atoms with Crippen molar-refractivity contribution in [3.63, 3.8) is 0 Å². The normalized spacial score (nSPS) is 25.3. The molecule has 5 atom stereocenters. The Bertz CT molecular complexity index is 771. The van der Waals surface area contributed by atoms with Gasteiger partial charge in [-0.2, -0.15) is 5.48 Å². The van der Waals surface area contributed by atoms with Crippen molar-refractivity contribution in [2.24, 2.45) is 5.41 Å². The van der Waals surface area contributed by atoms with Gasteiger partial charge in [-0.25, -0.2) is 0 Å². The molecular formula is C26H43NO8. The lowest BCUT2D eigenvalue weighted by Crippen LogP contribution is -2.66. The fraction of sp³-hybridized carbons (Fsp3) is 0.731. The number of carbonyl (C=O) groups excluding carboxylic acids is 1. The molecule has 0 bridgehead atoms. The quantitative estimate of drug-likeness (QED) is 0.363. The van der Waals surface area contributed by atoms with Crippen molar-refractivity contribution in [1.29, 1.82) is 0 Å². The third kappa shape index (κ3) is 9.00. The van der Waals surface area contributed by atoms with E-state index in [0.717, 1.165) is 11.3 Å². The van der Waals surface area contributed by atoms with Gasteiger partial charge in [-0.15, -0.1) is 0 Å². The molecule has 9 heteroatoms. The maximum atomic E-state index is 12.5. The zero-order chi connectivity index (χ0) is 26.2. The van der Waals surface area contributed by atoms with Crippen molar-refractivity contribution in [3.05, 3.63) is 29.8 Å². The predicted molar refractivity (Wildman–Crippen MR) is 131 cm³/mol. The summed E-state index contributed by atoms with van der Waals surface area (Å²) in [6.45, 7) is 13.9. The highest BCUT2D eigenvalue weighted by molar-refractivity contribution is 5.75. The minimum Gasteiger partial charge on any atom is -0.497 e. The first-order chi connectivity index (χ1) is 16.4. The smallest absolute Gasteiger partial charge is 0.311 e. The average molecular weight is 498 g/mol. The molecule has 1 aromatic rings. The average Bonchev–Trinajstić information content (AvgIpc) is 2.79. The molecule has 0 spiro atoms. The summed E-state index contributed by atoms with van der Waals surface area (Å²) < 4.78 is 35.1. The number of methoxy groups -OCH3 is 2. The molecule has 0 aromatic heterocycles. The van der Waals surface area contributed by atoms with Gasteiger partial charge in [-0.05, 0) is 66.2 Å². The molecule has 200 valence electrons. The summed E-state index contributed by atoms with van der Waals surface area (Å²) in [5.74, 6) is 0.436. The fourth-order valence-corrected chi connectivity index (χ4v) is 3.49. The first-order valence-corrected chi connectivity index (χ1v) is 12.0. The summed E-state index contributed by atoms with van der Waals surface area (Å²) in [4.78, 5) is 18.4. The first-order valence-electron chi connectivity index (χ1n) is 12.0. The van der Waals surface area contributed by atoms with E-state index >= 15 is 0 Å². The van der Waals surface area contributed by atoms with Crippen molar-refractivity contribution < 1.29 is 38.1 Å². The van der Waals surface area contributed by atoms with Gasteiger partial charge in [0.2, 0.25) is 0 Å². The Morgan fingerprint density at radius 1 is 1.00 bits per heavy atom. The van der Waals surface area contributed by atoms with Crippen molar-refractivity contribution in [1.82, 2.24) is 5.48 Å². The van der Waals surface area contributed by atoms with Gasteiger partial charge in [-0.1, -0.05) is 12.1 Å². The Hall–Kier alpha value is -1.75. The molecule has 1 aliphatic rings. The minimum absolute atomic E-state index is 0.00418. The molecule has 1 aromatic carbocycles. The number of hydroxylamine groups is 1. The third-order valence-corrected chi connectivity index (χ3v) is 5.34. The molecule has 0 unspecified atom stereocenters. The molecule has 1 fully saturated rings. The Kier molecular flexibility index (Phi) is 10.9. The molecule has 1 saturated heterocycles. The van der Waals surface area contributed by atoms with Crippen molar-refractivity contribution in [2.45, 2.75) is 91.3 Å². The van der Waals surface area contributed by atoms with Gasteiger partial charge in [0.1, 0.15) is 30.7 Å². The van der Waals surface area contributed by atoms with E-state index in [0.29, 0.717) is 13.2 Å². The van der Waals surface area contributed by atoms with Crippen molar-refractivity contribution in [2.75, 3.05) is 27.4 Å². The van der Waals surface area contributed by atoms with Gasteiger partial charge < -0.3 is 28.4 Å². The monoisotopic (exact) mass is 497 g/mol. The van der Waals surface area contributed by atoms with E-state index in [-0.39, 0.29) is 12.6 Å². The van der Waals surface area contributed by atoms with Crippen molar-refractivity contribution >= 4 is 5.97 Å². The topological polar surface area (TPSA) is 93.7 Å². The number of esters is 1. The molecule has 2 rings (SSSR count). The van der Waals surface area contributed by atoms with E-state index < -0.39 is 41.7 Å².